The zero-order valence-electron chi connectivity index (χ0n) is 34.6. The van der Waals surface area contributed by atoms with Gasteiger partial charge in [0, 0.05) is 66.6 Å². The lowest BCUT2D eigenvalue weighted by Crippen LogP contribution is -2.61. The number of piperazine rings is 1. The van der Waals surface area contributed by atoms with Crippen LogP contribution in [0.15, 0.2) is 54.4 Å². The van der Waals surface area contributed by atoms with Crippen molar-refractivity contribution in [3.63, 3.8) is 0 Å². The average Bonchev–Trinajstić information content (AvgIpc) is 3.92. The Balaban J connectivity index is 1.00. The molecular weight excluding hydrogens is 778 g/mol. The number of benzene rings is 1. The molecule has 2 aromatic heterocycles. The van der Waals surface area contributed by atoms with Crippen LogP contribution in [0, 0.1) is 41.3 Å². The number of nitrogens with zero attached hydrogens (tertiary/aromatic N) is 3. The smallest absolute Gasteiger partial charge is 0.492 e. The van der Waals surface area contributed by atoms with E-state index in [2.05, 4.69) is 6.92 Å². The van der Waals surface area contributed by atoms with Gasteiger partial charge in [-0.15, -0.1) is 0 Å². The van der Waals surface area contributed by atoms with Crippen molar-refractivity contribution < 1.29 is 47.3 Å². The van der Waals surface area contributed by atoms with E-state index in [0.29, 0.717) is 24.1 Å². The Kier molecular flexibility index (Phi) is 9.62. The number of Topliss-reactive ketones (excluding diaryl/α,β-unsaturated/α-hetero) is 1. The zero-order chi connectivity index (χ0) is 42.6. The predicted molar refractivity (Wildman–Crippen MR) is 215 cm³/mol. The number of aliphatic hydroxyl groups is 2. The van der Waals surface area contributed by atoms with Crippen molar-refractivity contribution in [3.05, 3.63) is 79.8 Å². The van der Waals surface area contributed by atoms with Gasteiger partial charge in [0.25, 0.3) is 0 Å². The highest BCUT2D eigenvalue weighted by atomic mass is 19.1. The molecule has 1 saturated heterocycles. The number of ether oxygens (including phenoxy) is 2. The van der Waals surface area contributed by atoms with Gasteiger partial charge in [-0.25, -0.2) is 14.0 Å². The van der Waals surface area contributed by atoms with E-state index in [9.17, 15) is 34.2 Å². The van der Waals surface area contributed by atoms with E-state index >= 15 is 4.39 Å². The van der Waals surface area contributed by atoms with Crippen molar-refractivity contribution >= 4 is 34.3 Å². The molecule has 1 aliphatic heterocycles. The number of anilines is 1. The van der Waals surface area contributed by atoms with Gasteiger partial charge in [-0.1, -0.05) is 25.5 Å². The molecule has 5 fully saturated rings. The Morgan fingerprint density at radius 3 is 2.52 bits per heavy atom. The van der Waals surface area contributed by atoms with Crippen molar-refractivity contribution in [2.75, 3.05) is 31.6 Å². The van der Waals surface area contributed by atoms with Gasteiger partial charge in [-0.3, -0.25) is 14.4 Å². The largest absolute Gasteiger partial charge is 0.519 e. The van der Waals surface area contributed by atoms with Crippen LogP contribution in [0.3, 0.4) is 0 Å². The molecule has 3 aromatic rings. The van der Waals surface area contributed by atoms with Crippen molar-refractivity contribution in [3.8, 4) is 5.75 Å². The third-order valence-corrected chi connectivity index (χ3v) is 15.2. The summed E-state index contributed by atoms with van der Waals surface area (Å²) in [5.41, 5.74) is -1.71. The van der Waals surface area contributed by atoms with Gasteiger partial charge in [-0.05, 0) is 88.8 Å². The number of amides is 1. The molecule has 60 heavy (non-hydrogen) atoms. The topological polar surface area (TPSA) is 182 Å². The van der Waals surface area contributed by atoms with Crippen LogP contribution in [0.5, 0.6) is 5.75 Å². The third kappa shape index (κ3) is 6.12. The van der Waals surface area contributed by atoms with Crippen LogP contribution in [0.2, 0.25) is 0 Å². The first-order valence-corrected chi connectivity index (χ1v) is 21.1. The molecule has 1 amide bonds. The highest BCUT2D eigenvalue weighted by Gasteiger charge is 2.68. The quantitative estimate of drug-likeness (QED) is 0.299. The molecule has 0 bridgehead atoms. The van der Waals surface area contributed by atoms with Crippen molar-refractivity contribution in [2.24, 2.45) is 28.6 Å². The third-order valence-electron chi connectivity index (χ3n) is 15.2. The van der Waals surface area contributed by atoms with Crippen molar-refractivity contribution in [1.29, 1.82) is 0 Å². The maximum atomic E-state index is 16.3. The number of carbonyl (C=O) groups is 3. The summed E-state index contributed by atoms with van der Waals surface area (Å²) in [7, 11) is 1.42. The molecule has 4 saturated carbocycles. The minimum atomic E-state index is -1.77. The van der Waals surface area contributed by atoms with Crippen LogP contribution in [0.1, 0.15) is 89.0 Å². The molecular formula is C45H52FN3O11. The molecule has 0 radical (unpaired) electrons. The van der Waals surface area contributed by atoms with Crippen LogP contribution in [-0.2, 0) is 27.4 Å². The fourth-order valence-electron chi connectivity index (χ4n) is 12.1. The number of rotatable bonds is 8. The molecule has 0 spiro atoms. The summed E-state index contributed by atoms with van der Waals surface area (Å²) in [6.07, 6.45) is 7.60. The molecule has 6 aliphatic rings. The lowest BCUT2D eigenvalue weighted by Gasteiger charge is -2.59. The number of hydrogen-bond acceptors (Lipinski definition) is 12. The van der Waals surface area contributed by atoms with Crippen LogP contribution in [-0.4, -0.2) is 81.8 Å². The monoisotopic (exact) mass is 829 g/mol. The van der Waals surface area contributed by atoms with Crippen LogP contribution >= 0.6 is 0 Å². The number of ketones is 2. The number of methoxy groups -OCH3 is 1. The molecule has 5 aliphatic carbocycles. The molecule has 8 atom stereocenters. The van der Waals surface area contributed by atoms with E-state index in [-0.39, 0.29) is 103 Å². The van der Waals surface area contributed by atoms with E-state index in [0.717, 1.165) is 24.8 Å². The normalized spacial score (nSPS) is 32.4. The number of allylic oxidation sites excluding steroid dienone is 4. The average molecular weight is 830 g/mol. The number of aliphatic hydroxyl groups excluding tert-OH is 1. The highest BCUT2D eigenvalue weighted by Crippen LogP contribution is 2.67. The fourth-order valence-corrected chi connectivity index (χ4v) is 12.1. The summed E-state index contributed by atoms with van der Waals surface area (Å²) in [6.45, 7) is 7.63. The van der Waals surface area contributed by atoms with Gasteiger partial charge in [0.15, 0.2) is 46.7 Å². The van der Waals surface area contributed by atoms with Crippen molar-refractivity contribution in [1.82, 2.24) is 9.47 Å². The molecule has 1 aromatic carbocycles. The second-order valence-corrected chi connectivity index (χ2v) is 18.4. The Bertz CT molecular complexity index is 2500. The zero-order valence-corrected chi connectivity index (χ0v) is 34.6. The number of halogens is 1. The molecule has 2 N–H and O–H groups in total. The minimum Gasteiger partial charge on any atom is -0.492 e. The maximum Gasteiger partial charge on any atom is 0.519 e. The number of pyridine rings is 1. The number of carbonyl (C=O) groups excluding carboxylic acids is 3. The SMILES string of the molecule is COc1c(N2CCN(C(=O)OCc3oc(=O)oc3C)C(C)C2)c(F)cc2c(=O)cc(CC(=O)[C@]3(O)CC[C@@H]4[C@H]5CCC6=CC(=O)C=C[C@@]6(C)[C@@H]5[C@H](O)C[C@]43C)n(C3CC3)c12. The summed E-state index contributed by atoms with van der Waals surface area (Å²) < 4.78 is 39.4. The van der Waals surface area contributed by atoms with E-state index in [1.807, 2.05) is 17.6 Å². The summed E-state index contributed by atoms with van der Waals surface area (Å²) in [4.78, 5) is 68.7. The first-order chi connectivity index (χ1) is 28.5. The Morgan fingerprint density at radius 2 is 1.83 bits per heavy atom. The molecule has 3 heterocycles. The molecule has 1 unspecified atom stereocenters. The Hall–Kier alpha value is -5.02. The van der Waals surface area contributed by atoms with Gasteiger partial charge in [0.05, 0.1) is 24.1 Å². The Morgan fingerprint density at radius 1 is 1.07 bits per heavy atom. The molecule has 15 heteroatoms. The number of hydrogen-bond donors (Lipinski definition) is 2. The van der Waals surface area contributed by atoms with Gasteiger partial charge in [0.1, 0.15) is 11.3 Å². The van der Waals surface area contributed by atoms with Crippen LogP contribution in [0.4, 0.5) is 14.9 Å². The van der Waals surface area contributed by atoms with Gasteiger partial charge >= 0.3 is 11.9 Å². The summed E-state index contributed by atoms with van der Waals surface area (Å²) in [6, 6.07) is 2.07. The highest BCUT2D eigenvalue weighted by molar-refractivity contribution is 6.01. The number of aryl methyl sites for hydroxylation is 1. The van der Waals surface area contributed by atoms with E-state index < -0.39 is 57.5 Å². The van der Waals surface area contributed by atoms with E-state index in [1.165, 1.54) is 31.1 Å². The maximum absolute atomic E-state index is 16.3. The minimum absolute atomic E-state index is 0.0363. The summed E-state index contributed by atoms with van der Waals surface area (Å²) >= 11 is 0. The second-order valence-electron chi connectivity index (χ2n) is 18.4. The van der Waals surface area contributed by atoms with Crippen molar-refractivity contribution in [2.45, 2.75) is 109 Å². The first-order valence-electron chi connectivity index (χ1n) is 21.1. The van der Waals surface area contributed by atoms with Crippen LogP contribution < -0.4 is 20.9 Å². The lowest BCUT2D eigenvalue weighted by atomic mass is 9.46. The summed E-state index contributed by atoms with van der Waals surface area (Å²) in [5, 5.41) is 24.7. The number of aromatic nitrogens is 1. The Labute approximate surface area is 345 Å². The van der Waals surface area contributed by atoms with E-state index in [1.54, 1.807) is 24.0 Å². The second kappa shape index (κ2) is 14.3. The standard InChI is InChI=1S/C45H52FN3O11/c1-23-21-47(14-15-48(23)41(54)58-22-35-24(2)59-42(55)60-35)39-32(46)19-30-33(51)17-27(49(26-7-8-26)38(30)40(39)57-5)18-36(53)45(56)13-11-31-29-9-6-25-16-28(50)10-12-43(25,3)37(29)34(52)20-44(31,45)4/h10,12,16-17,19,23,26,29,31,34,37,52,56H,6-9,11,13-15,18,20-22H2,1-5H3/t23?,29-,31-,34-,37+,43-,44-,45-/m1/s1. The fraction of sp³-hybridized carbons (Fsp3) is 0.578. The van der Waals surface area contributed by atoms with E-state index in [4.69, 9.17) is 18.3 Å². The molecule has 14 nitrogen and oxygen atoms in total. The summed E-state index contributed by atoms with van der Waals surface area (Å²) in [5.74, 6) is -1.71. The molecule has 320 valence electrons. The molecule has 9 rings (SSSR count). The van der Waals surface area contributed by atoms with Gasteiger partial charge in [0.2, 0.25) is 0 Å². The predicted octanol–water partition coefficient (Wildman–Crippen LogP) is 5.31. The lowest BCUT2D eigenvalue weighted by molar-refractivity contribution is -0.176. The van der Waals surface area contributed by atoms with Crippen LogP contribution in [0.25, 0.3) is 10.9 Å². The first kappa shape index (κ1) is 40.4. The van der Waals surface area contributed by atoms with Gasteiger partial charge in [-0.2, -0.15) is 0 Å². The number of fused-ring (bicyclic) bond motifs is 6. The van der Waals surface area contributed by atoms with Gasteiger partial charge < -0.3 is 42.9 Å².